The van der Waals surface area contributed by atoms with Gasteiger partial charge >= 0.3 is 12.4 Å². The molecule has 15 heteroatoms. The van der Waals surface area contributed by atoms with Crippen LogP contribution >= 0.6 is 0 Å². The average molecular weight is 648 g/mol. The highest BCUT2D eigenvalue weighted by Crippen LogP contribution is 2.38. The second-order valence-corrected chi connectivity index (χ2v) is 14.2. The number of carbonyl (C=O) groups is 2. The Balaban J connectivity index is 0.000000931. The summed E-state index contributed by atoms with van der Waals surface area (Å²) in [4.78, 5) is 14.6. The molecule has 0 aromatic heterocycles. The molecule has 1 aliphatic heterocycles. The first-order valence-corrected chi connectivity index (χ1v) is 15.5. The van der Waals surface area contributed by atoms with E-state index >= 15 is 0 Å². The van der Waals surface area contributed by atoms with Crippen molar-refractivity contribution in [2.45, 2.75) is 62.7 Å². The Kier molecular flexibility index (Phi) is 14.1. The first-order valence-electron chi connectivity index (χ1n) is 12.2. The molecule has 0 atom stereocenters. The zero-order valence-electron chi connectivity index (χ0n) is 23.8. The molecule has 0 amide bonds. The minimum atomic E-state index is -4.77. The summed E-state index contributed by atoms with van der Waals surface area (Å²) in [6.45, 7) is 12.2. The van der Waals surface area contributed by atoms with Gasteiger partial charge in [-0.3, -0.25) is 0 Å². The highest BCUT2D eigenvalue weighted by Gasteiger charge is 2.38. The summed E-state index contributed by atoms with van der Waals surface area (Å²) in [7, 11) is -8.40. The van der Waals surface area contributed by atoms with Crippen LogP contribution in [0.2, 0.25) is 0 Å². The fraction of sp³-hybridized carbons (Fsp3) is 0.481. The van der Waals surface area contributed by atoms with Gasteiger partial charge in [0.05, 0.1) is 16.0 Å². The SMILES string of the molecule is C=O.C=O.CC(C)(C)C1CCN(S(=O)(=O)c2ccc(C(F)(F)F)cc2S(C)(=O)=O)CC1.Cc1cccc(C(F)(F)F)c1. The Morgan fingerprint density at radius 2 is 1.19 bits per heavy atom. The highest BCUT2D eigenvalue weighted by atomic mass is 32.2. The molecule has 1 fully saturated rings. The summed E-state index contributed by atoms with van der Waals surface area (Å²) in [6, 6.07) is 6.96. The third-order valence-electron chi connectivity index (χ3n) is 6.31. The second-order valence-electron chi connectivity index (χ2n) is 10.3. The first-order chi connectivity index (χ1) is 19.0. The van der Waals surface area contributed by atoms with E-state index in [4.69, 9.17) is 9.59 Å². The molecule has 1 aliphatic rings. The lowest BCUT2D eigenvalue weighted by atomic mass is 9.76. The van der Waals surface area contributed by atoms with Crippen LogP contribution in [0.25, 0.3) is 0 Å². The molecule has 2 aromatic carbocycles. The number of carbonyl (C=O) groups excluding carboxylic acids is 2. The standard InChI is InChI=1S/C17H24F3NO4S2.C8H7F3.2CH2O/c1-16(2,3)12-7-9-21(10-8-12)27(24,25)14-6-5-13(17(18,19)20)11-15(14)26(4,22)23;1-6-3-2-4-7(5-6)8(9,10)11;2*1-2/h5-6,11-12H,7-10H2,1-4H3;2-5H,1H3;2*1H2. The molecule has 1 heterocycles. The fourth-order valence-corrected chi connectivity index (χ4v) is 7.18. The minimum absolute atomic E-state index is 0.0160. The minimum Gasteiger partial charge on any atom is -0.307 e. The number of sulfonamides is 1. The van der Waals surface area contributed by atoms with Crippen molar-refractivity contribution in [3.05, 3.63) is 59.2 Å². The van der Waals surface area contributed by atoms with Gasteiger partial charge in [-0.15, -0.1) is 0 Å². The molecule has 0 N–H and O–H groups in total. The summed E-state index contributed by atoms with van der Waals surface area (Å²) in [5.74, 6) is 0.311. The molecule has 3 rings (SSSR count). The van der Waals surface area contributed by atoms with Crippen LogP contribution in [0, 0.1) is 18.3 Å². The molecule has 42 heavy (non-hydrogen) atoms. The molecule has 1 saturated heterocycles. The van der Waals surface area contributed by atoms with Crippen LogP contribution in [0.15, 0.2) is 52.3 Å². The first kappa shape index (κ1) is 39.2. The topological polar surface area (TPSA) is 106 Å². The van der Waals surface area contributed by atoms with Gasteiger partial charge in [-0.25, -0.2) is 16.8 Å². The monoisotopic (exact) mass is 647 g/mol. The number of rotatable bonds is 3. The Morgan fingerprint density at radius 1 is 0.738 bits per heavy atom. The van der Waals surface area contributed by atoms with E-state index in [1.807, 2.05) is 13.6 Å². The number of alkyl halides is 6. The van der Waals surface area contributed by atoms with Crippen LogP contribution in [0.4, 0.5) is 26.3 Å². The maximum absolute atomic E-state index is 13.0. The lowest BCUT2D eigenvalue weighted by molar-refractivity contribution is -0.138. The van der Waals surface area contributed by atoms with Crippen LogP contribution in [0.3, 0.4) is 0 Å². The van der Waals surface area contributed by atoms with Crippen molar-refractivity contribution in [2.75, 3.05) is 19.3 Å². The maximum Gasteiger partial charge on any atom is 0.416 e. The molecule has 0 aliphatic carbocycles. The number of aryl methyl sites for hydroxylation is 1. The maximum atomic E-state index is 13.0. The van der Waals surface area contributed by atoms with Crippen molar-refractivity contribution in [2.24, 2.45) is 11.3 Å². The Morgan fingerprint density at radius 3 is 1.55 bits per heavy atom. The number of hydrogen-bond acceptors (Lipinski definition) is 6. The van der Waals surface area contributed by atoms with Crippen molar-refractivity contribution in [1.82, 2.24) is 4.31 Å². The summed E-state index contributed by atoms with van der Waals surface area (Å²) < 4.78 is 126. The van der Waals surface area contributed by atoms with Gasteiger partial charge in [-0.05, 0) is 55.4 Å². The van der Waals surface area contributed by atoms with Crippen LogP contribution in [0.5, 0.6) is 0 Å². The molecule has 0 spiro atoms. The van der Waals surface area contributed by atoms with Crippen LogP contribution in [-0.2, 0) is 41.8 Å². The largest absolute Gasteiger partial charge is 0.416 e. The Labute approximate surface area is 242 Å². The molecule has 238 valence electrons. The van der Waals surface area contributed by atoms with E-state index in [0.717, 1.165) is 22.5 Å². The van der Waals surface area contributed by atoms with Gasteiger partial charge in [0.1, 0.15) is 18.5 Å². The fourth-order valence-electron chi connectivity index (χ4n) is 4.11. The van der Waals surface area contributed by atoms with Crippen molar-refractivity contribution in [3.63, 3.8) is 0 Å². The summed E-state index contributed by atoms with van der Waals surface area (Å²) in [5, 5.41) is 0. The quantitative estimate of drug-likeness (QED) is 0.368. The number of nitrogens with zero attached hydrogens (tertiary/aromatic N) is 1. The molecule has 7 nitrogen and oxygen atoms in total. The number of benzene rings is 2. The van der Waals surface area contributed by atoms with Gasteiger partial charge < -0.3 is 9.59 Å². The summed E-state index contributed by atoms with van der Waals surface area (Å²) in [6.07, 6.45) is -7.07. The Hall–Kier alpha value is -2.78. The van der Waals surface area contributed by atoms with Gasteiger partial charge in [0, 0.05) is 19.3 Å². The molecule has 0 unspecified atom stereocenters. The predicted molar refractivity (Wildman–Crippen MR) is 146 cm³/mol. The number of halogens is 6. The van der Waals surface area contributed by atoms with Gasteiger partial charge in [0.2, 0.25) is 10.0 Å². The van der Waals surface area contributed by atoms with Crippen LogP contribution < -0.4 is 0 Å². The summed E-state index contributed by atoms with van der Waals surface area (Å²) >= 11 is 0. The number of piperidine rings is 1. The van der Waals surface area contributed by atoms with Crippen molar-refractivity contribution < 1.29 is 52.8 Å². The Bertz CT molecular complexity index is 1380. The van der Waals surface area contributed by atoms with E-state index in [0.29, 0.717) is 42.7 Å². The van der Waals surface area contributed by atoms with Crippen molar-refractivity contribution >= 4 is 33.4 Å². The smallest absolute Gasteiger partial charge is 0.307 e. The third kappa shape index (κ3) is 11.1. The van der Waals surface area contributed by atoms with E-state index in [2.05, 4.69) is 20.8 Å². The zero-order chi connectivity index (χ0) is 33.3. The number of sulfone groups is 1. The molecule has 2 aromatic rings. The summed E-state index contributed by atoms with van der Waals surface area (Å²) in [5.41, 5.74) is -1.15. The van der Waals surface area contributed by atoms with Crippen LogP contribution in [0.1, 0.15) is 50.3 Å². The lowest BCUT2D eigenvalue weighted by Crippen LogP contribution is -2.41. The molecular formula is C27H35F6NO6S2. The third-order valence-corrected chi connectivity index (χ3v) is 9.54. The highest BCUT2D eigenvalue weighted by molar-refractivity contribution is 7.93. The zero-order valence-corrected chi connectivity index (χ0v) is 25.5. The van der Waals surface area contributed by atoms with E-state index in [1.54, 1.807) is 13.0 Å². The average Bonchev–Trinajstić information content (AvgIpc) is 2.89. The van der Waals surface area contributed by atoms with Gasteiger partial charge in [0.25, 0.3) is 0 Å². The normalized spacial score (nSPS) is 15.2. The van der Waals surface area contributed by atoms with Gasteiger partial charge in [-0.2, -0.15) is 30.6 Å². The van der Waals surface area contributed by atoms with Crippen molar-refractivity contribution in [1.29, 1.82) is 0 Å². The molecule has 0 bridgehead atoms. The molecule has 0 radical (unpaired) electrons. The predicted octanol–water partition coefficient (Wildman–Crippen LogP) is 6.20. The van der Waals surface area contributed by atoms with E-state index in [-0.39, 0.29) is 18.5 Å². The van der Waals surface area contributed by atoms with Crippen LogP contribution in [-0.4, -0.2) is 54.1 Å². The molecule has 0 saturated carbocycles. The van der Waals surface area contributed by atoms with E-state index in [9.17, 15) is 43.2 Å². The van der Waals surface area contributed by atoms with E-state index < -0.39 is 53.1 Å². The van der Waals surface area contributed by atoms with Gasteiger partial charge in [-0.1, -0.05) is 44.5 Å². The van der Waals surface area contributed by atoms with Gasteiger partial charge in [0.15, 0.2) is 9.84 Å². The second kappa shape index (κ2) is 15.1. The van der Waals surface area contributed by atoms with E-state index in [1.165, 1.54) is 6.07 Å². The van der Waals surface area contributed by atoms with Crippen molar-refractivity contribution in [3.8, 4) is 0 Å². The number of hydrogen-bond donors (Lipinski definition) is 0. The molecular weight excluding hydrogens is 612 g/mol. The lowest BCUT2D eigenvalue weighted by Gasteiger charge is -2.38.